The molecule has 0 saturated carbocycles. The highest BCUT2D eigenvalue weighted by Gasteiger charge is 2.16. The van der Waals surface area contributed by atoms with E-state index in [0.717, 1.165) is 21.6 Å². The van der Waals surface area contributed by atoms with Crippen LogP contribution in [0.25, 0.3) is 0 Å². The van der Waals surface area contributed by atoms with Gasteiger partial charge in [0.2, 0.25) is 5.13 Å². The molecule has 0 atom stereocenters. The maximum Gasteiger partial charge on any atom is 0.263 e. The van der Waals surface area contributed by atoms with Crippen LogP contribution in [0.5, 0.6) is 0 Å². The highest BCUT2D eigenvalue weighted by molar-refractivity contribution is 9.10. The predicted octanol–water partition coefficient (Wildman–Crippen LogP) is 1.80. The molecule has 0 bridgehead atoms. The number of sulfonamides is 1. The Bertz CT molecular complexity index is 627. The summed E-state index contributed by atoms with van der Waals surface area (Å²) in [6, 6.07) is 4.76. The molecule has 1 aromatic heterocycles. The van der Waals surface area contributed by atoms with E-state index in [4.69, 9.17) is 0 Å². The molecule has 1 aromatic carbocycles. The van der Waals surface area contributed by atoms with Crippen LogP contribution in [0.15, 0.2) is 27.6 Å². The summed E-state index contributed by atoms with van der Waals surface area (Å²) in [7, 11) is -3.63. The van der Waals surface area contributed by atoms with Crippen LogP contribution in [0.4, 0.5) is 5.13 Å². The molecule has 0 saturated heterocycles. The molecule has 0 unspecified atom stereocenters. The topological polar surface area (TPSA) is 84.8 Å². The minimum Gasteiger partial charge on any atom is -0.252 e. The molecule has 6 nitrogen and oxygen atoms in total. The zero-order chi connectivity index (χ0) is 12.5. The largest absolute Gasteiger partial charge is 0.263 e. The van der Waals surface area contributed by atoms with Gasteiger partial charge >= 0.3 is 0 Å². The van der Waals surface area contributed by atoms with Crippen molar-refractivity contribution < 1.29 is 8.42 Å². The van der Waals surface area contributed by atoms with Crippen molar-refractivity contribution in [2.75, 3.05) is 4.72 Å². The molecule has 17 heavy (non-hydrogen) atoms. The summed E-state index contributed by atoms with van der Waals surface area (Å²) in [5.41, 5.74) is 0.836. The van der Waals surface area contributed by atoms with Crippen LogP contribution in [0, 0.1) is 6.92 Å². The first-order valence-electron chi connectivity index (χ1n) is 4.43. The molecular formula is C8H7BrN4O2S2. The third kappa shape index (κ3) is 2.79. The molecule has 2 rings (SSSR count). The summed E-state index contributed by atoms with van der Waals surface area (Å²) in [6.45, 7) is 1.82. The first-order chi connectivity index (χ1) is 7.99. The highest BCUT2D eigenvalue weighted by Crippen LogP contribution is 2.21. The Labute approximate surface area is 110 Å². The SMILES string of the molecule is Cc1cc(S(=O)(=O)Nc2nnns2)ccc1Br. The molecule has 0 aliphatic carbocycles. The van der Waals surface area contributed by atoms with Crippen LogP contribution < -0.4 is 4.72 Å². The van der Waals surface area contributed by atoms with E-state index in [2.05, 4.69) is 35.5 Å². The van der Waals surface area contributed by atoms with E-state index >= 15 is 0 Å². The van der Waals surface area contributed by atoms with Gasteiger partial charge in [-0.25, -0.2) is 8.42 Å². The van der Waals surface area contributed by atoms with Crippen molar-refractivity contribution in [2.45, 2.75) is 11.8 Å². The minimum atomic E-state index is -3.63. The van der Waals surface area contributed by atoms with Crippen molar-refractivity contribution in [3.63, 3.8) is 0 Å². The molecular weight excluding hydrogens is 328 g/mol. The van der Waals surface area contributed by atoms with Crippen LogP contribution in [0.3, 0.4) is 0 Å². The van der Waals surface area contributed by atoms with E-state index in [1.54, 1.807) is 12.1 Å². The van der Waals surface area contributed by atoms with Crippen molar-refractivity contribution in [3.05, 3.63) is 28.2 Å². The summed E-state index contributed by atoms with van der Waals surface area (Å²) in [5.74, 6) is 0. The maximum absolute atomic E-state index is 11.9. The van der Waals surface area contributed by atoms with Crippen LogP contribution in [0.1, 0.15) is 5.56 Å². The zero-order valence-corrected chi connectivity index (χ0v) is 11.8. The van der Waals surface area contributed by atoms with Gasteiger partial charge in [0.1, 0.15) is 0 Å². The highest BCUT2D eigenvalue weighted by atomic mass is 79.9. The number of nitrogens with one attached hydrogen (secondary N) is 1. The van der Waals surface area contributed by atoms with E-state index in [1.165, 1.54) is 6.07 Å². The second kappa shape index (κ2) is 4.67. The fourth-order valence-electron chi connectivity index (χ4n) is 1.13. The molecule has 0 aliphatic rings. The lowest BCUT2D eigenvalue weighted by atomic mass is 10.2. The van der Waals surface area contributed by atoms with E-state index in [1.807, 2.05) is 6.92 Å². The number of aryl methyl sites for hydroxylation is 1. The summed E-state index contributed by atoms with van der Waals surface area (Å²) < 4.78 is 30.5. The predicted molar refractivity (Wildman–Crippen MR) is 67.4 cm³/mol. The lowest BCUT2D eigenvalue weighted by molar-refractivity contribution is 0.601. The van der Waals surface area contributed by atoms with Gasteiger partial charge in [0, 0.05) is 16.0 Å². The third-order valence-corrected chi connectivity index (χ3v) is 4.83. The molecule has 0 amide bonds. The smallest absolute Gasteiger partial charge is 0.252 e. The quantitative estimate of drug-likeness (QED) is 0.925. The van der Waals surface area contributed by atoms with Crippen molar-refractivity contribution in [1.82, 2.24) is 14.8 Å². The fourth-order valence-corrected chi connectivity index (χ4v) is 3.05. The second-order valence-corrected chi connectivity index (χ2v) is 6.45. The number of halogens is 1. The van der Waals surface area contributed by atoms with Crippen LogP contribution in [0.2, 0.25) is 0 Å². The van der Waals surface area contributed by atoms with E-state index in [-0.39, 0.29) is 10.0 Å². The molecule has 1 heterocycles. The van der Waals surface area contributed by atoms with Gasteiger partial charge < -0.3 is 0 Å². The average Bonchev–Trinajstić information content (AvgIpc) is 2.73. The first kappa shape index (κ1) is 12.4. The number of benzene rings is 1. The summed E-state index contributed by atoms with van der Waals surface area (Å²) >= 11 is 4.19. The molecule has 9 heteroatoms. The summed E-state index contributed by atoms with van der Waals surface area (Å²) in [5, 5.41) is 6.98. The fraction of sp³-hybridized carbons (Fsp3) is 0.125. The lowest BCUT2D eigenvalue weighted by Gasteiger charge is -2.06. The first-order valence-corrected chi connectivity index (χ1v) is 7.48. The van der Waals surface area contributed by atoms with Crippen LogP contribution >= 0.6 is 27.5 Å². The number of hydrogen-bond donors (Lipinski definition) is 1. The van der Waals surface area contributed by atoms with Gasteiger partial charge in [-0.3, -0.25) is 4.72 Å². The Morgan fingerprint density at radius 1 is 1.41 bits per heavy atom. The Balaban J connectivity index is 2.35. The van der Waals surface area contributed by atoms with Gasteiger partial charge in [0.25, 0.3) is 10.0 Å². The Kier molecular flexibility index (Phi) is 3.40. The van der Waals surface area contributed by atoms with Gasteiger partial charge in [0.05, 0.1) is 4.90 Å². The minimum absolute atomic E-state index is 0.144. The van der Waals surface area contributed by atoms with Crippen molar-refractivity contribution in [3.8, 4) is 0 Å². The standard InChI is InChI=1S/C8H7BrN4O2S2/c1-5-4-6(2-3-7(5)9)17(14,15)11-8-10-12-13-16-8/h2-4H,1H3,(H,10,11,13). The summed E-state index contributed by atoms with van der Waals surface area (Å²) in [6.07, 6.45) is 0. The average molecular weight is 335 g/mol. The van der Waals surface area contributed by atoms with E-state index in [0.29, 0.717) is 0 Å². The van der Waals surface area contributed by atoms with Gasteiger partial charge in [-0.05, 0) is 35.9 Å². The van der Waals surface area contributed by atoms with E-state index in [9.17, 15) is 8.42 Å². The maximum atomic E-state index is 11.9. The molecule has 0 spiro atoms. The van der Waals surface area contributed by atoms with Gasteiger partial charge in [-0.1, -0.05) is 25.5 Å². The third-order valence-electron chi connectivity index (χ3n) is 1.96. The number of rotatable bonds is 3. The second-order valence-electron chi connectivity index (χ2n) is 3.18. The summed E-state index contributed by atoms with van der Waals surface area (Å²) in [4.78, 5) is 0.174. The van der Waals surface area contributed by atoms with Crippen molar-refractivity contribution in [1.29, 1.82) is 0 Å². The van der Waals surface area contributed by atoms with Crippen molar-refractivity contribution >= 4 is 42.6 Å². The van der Waals surface area contributed by atoms with E-state index < -0.39 is 10.0 Å². The van der Waals surface area contributed by atoms with Gasteiger partial charge in [0.15, 0.2) is 0 Å². The normalized spacial score (nSPS) is 11.4. The monoisotopic (exact) mass is 334 g/mol. The molecule has 1 N–H and O–H groups in total. The lowest BCUT2D eigenvalue weighted by Crippen LogP contribution is -2.13. The van der Waals surface area contributed by atoms with Crippen molar-refractivity contribution in [2.24, 2.45) is 0 Å². The number of anilines is 1. The number of hydrogen-bond acceptors (Lipinski definition) is 6. The molecule has 0 fully saturated rings. The molecule has 2 aromatic rings. The number of nitrogens with zero attached hydrogens (tertiary/aromatic N) is 3. The van der Waals surface area contributed by atoms with Crippen LogP contribution in [-0.2, 0) is 10.0 Å². The zero-order valence-electron chi connectivity index (χ0n) is 8.58. The Morgan fingerprint density at radius 3 is 2.76 bits per heavy atom. The Morgan fingerprint density at radius 2 is 2.18 bits per heavy atom. The Hall–Kier alpha value is -1.06. The molecule has 0 radical (unpaired) electrons. The van der Waals surface area contributed by atoms with Gasteiger partial charge in [-0.2, -0.15) is 0 Å². The van der Waals surface area contributed by atoms with Crippen LogP contribution in [-0.4, -0.2) is 23.2 Å². The van der Waals surface area contributed by atoms with Gasteiger partial charge in [-0.15, -0.1) is 0 Å². The molecule has 90 valence electrons. The molecule has 0 aliphatic heterocycles. The number of aromatic nitrogens is 3.